The number of thiocarbonyl (C=S) groups is 1. The Balaban J connectivity index is 1.53. The highest BCUT2D eigenvalue weighted by atomic mass is 32.2. The van der Waals surface area contributed by atoms with Crippen molar-refractivity contribution in [1.29, 1.82) is 0 Å². The molecule has 0 N–H and O–H groups in total. The second kappa shape index (κ2) is 10.1. The van der Waals surface area contributed by atoms with Crippen molar-refractivity contribution in [3.8, 4) is 5.75 Å². The fourth-order valence-corrected chi connectivity index (χ4v) is 5.57. The van der Waals surface area contributed by atoms with Gasteiger partial charge in [0.1, 0.15) is 10.6 Å². The Hall–Kier alpha value is -4.14. The Bertz CT molecular complexity index is 1600. The molecule has 1 saturated heterocycles. The van der Waals surface area contributed by atoms with E-state index in [1.807, 2.05) is 0 Å². The number of nitrogens with zero attached hydrogens (tertiary/aromatic N) is 3. The lowest BCUT2D eigenvalue weighted by atomic mass is 10.2. The van der Waals surface area contributed by atoms with Gasteiger partial charge in [0.25, 0.3) is 17.3 Å². The third-order valence-corrected chi connectivity index (χ3v) is 7.69. The molecular weight excluding hydrogens is 542 g/mol. The molecule has 0 radical (unpaired) electrons. The molecule has 4 rings (SSSR count). The van der Waals surface area contributed by atoms with E-state index in [0.717, 1.165) is 17.8 Å². The summed E-state index contributed by atoms with van der Waals surface area (Å²) in [5, 5.41) is 22.2. The van der Waals surface area contributed by atoms with Gasteiger partial charge < -0.3 is 4.18 Å². The molecule has 0 aliphatic carbocycles. The van der Waals surface area contributed by atoms with E-state index in [0.29, 0.717) is 11.1 Å². The van der Waals surface area contributed by atoms with Gasteiger partial charge in [-0.1, -0.05) is 48.2 Å². The van der Waals surface area contributed by atoms with Gasteiger partial charge in [-0.2, -0.15) is 8.42 Å². The summed E-state index contributed by atoms with van der Waals surface area (Å²) in [5.41, 5.74) is 0.591. The van der Waals surface area contributed by atoms with Crippen LogP contribution in [0, 0.1) is 27.2 Å². The van der Waals surface area contributed by atoms with E-state index in [1.54, 1.807) is 0 Å². The number of carbonyl (C=O) groups excluding carboxylic acids is 1. The van der Waals surface area contributed by atoms with Crippen molar-refractivity contribution in [2.24, 2.45) is 0 Å². The number of non-ortho nitro benzene ring substituents is 1. The zero-order valence-electron chi connectivity index (χ0n) is 18.8. The van der Waals surface area contributed by atoms with Gasteiger partial charge in [-0.15, -0.1) is 0 Å². The van der Waals surface area contributed by atoms with Gasteiger partial charge in [0.05, 0.1) is 20.4 Å². The number of aryl methyl sites for hydroxylation is 1. The molecule has 0 atom stereocenters. The summed E-state index contributed by atoms with van der Waals surface area (Å²) < 4.78 is 30.5. The van der Waals surface area contributed by atoms with Crippen molar-refractivity contribution in [2.45, 2.75) is 11.8 Å². The SMILES string of the molecule is Cc1ccc(S(=O)(=O)Oc2ccc(/C=C3/SC(=S)N(c4cccc([N+](=O)[O-])c4)C3=O)cc2)cc1[N+](=O)[O-]. The van der Waals surface area contributed by atoms with E-state index in [4.69, 9.17) is 16.4 Å². The summed E-state index contributed by atoms with van der Waals surface area (Å²) in [6.07, 6.45) is 1.54. The highest BCUT2D eigenvalue weighted by Gasteiger charge is 2.34. The summed E-state index contributed by atoms with van der Waals surface area (Å²) in [6, 6.07) is 14.8. The normalized spacial score (nSPS) is 14.7. The van der Waals surface area contributed by atoms with E-state index in [2.05, 4.69) is 0 Å². The zero-order chi connectivity index (χ0) is 26.9. The van der Waals surface area contributed by atoms with Crippen LogP contribution in [-0.2, 0) is 14.9 Å². The van der Waals surface area contributed by atoms with Crippen LogP contribution in [0.5, 0.6) is 5.75 Å². The van der Waals surface area contributed by atoms with E-state index < -0.39 is 25.9 Å². The fraction of sp³-hybridized carbons (Fsp3) is 0.0435. The Morgan fingerprint density at radius 1 is 1.00 bits per heavy atom. The second-order valence-electron chi connectivity index (χ2n) is 7.61. The number of nitro benzene ring substituents is 2. The molecule has 0 saturated carbocycles. The highest BCUT2D eigenvalue weighted by Crippen LogP contribution is 2.37. The van der Waals surface area contributed by atoms with Crippen LogP contribution in [0.3, 0.4) is 0 Å². The first-order chi connectivity index (χ1) is 17.5. The summed E-state index contributed by atoms with van der Waals surface area (Å²) in [4.78, 5) is 35.0. The van der Waals surface area contributed by atoms with Crippen molar-refractivity contribution in [2.75, 3.05) is 4.90 Å². The van der Waals surface area contributed by atoms with Crippen molar-refractivity contribution in [1.82, 2.24) is 0 Å². The Morgan fingerprint density at radius 3 is 2.35 bits per heavy atom. The van der Waals surface area contributed by atoms with Gasteiger partial charge in [-0.05, 0) is 42.8 Å². The number of hydrogen-bond donors (Lipinski definition) is 0. The molecule has 0 aromatic heterocycles. The van der Waals surface area contributed by atoms with Crippen LogP contribution in [0.15, 0.2) is 76.5 Å². The largest absolute Gasteiger partial charge is 0.379 e. The van der Waals surface area contributed by atoms with Crippen LogP contribution in [0.2, 0.25) is 0 Å². The molecule has 3 aromatic rings. The first kappa shape index (κ1) is 25.9. The monoisotopic (exact) mass is 557 g/mol. The van der Waals surface area contributed by atoms with Gasteiger partial charge in [-0.25, -0.2) is 0 Å². The third kappa shape index (κ3) is 5.50. The maximum atomic E-state index is 12.9. The van der Waals surface area contributed by atoms with Crippen LogP contribution in [0.4, 0.5) is 17.1 Å². The van der Waals surface area contributed by atoms with E-state index in [1.165, 1.54) is 78.6 Å². The minimum Gasteiger partial charge on any atom is -0.379 e. The Morgan fingerprint density at radius 2 is 1.70 bits per heavy atom. The van der Waals surface area contributed by atoms with Crippen molar-refractivity contribution in [3.05, 3.63) is 103 Å². The van der Waals surface area contributed by atoms with Gasteiger partial charge in [0, 0.05) is 23.8 Å². The molecule has 1 fully saturated rings. The third-order valence-electron chi connectivity index (χ3n) is 5.14. The molecule has 0 unspecified atom stereocenters. The van der Waals surface area contributed by atoms with Crippen LogP contribution >= 0.6 is 24.0 Å². The minimum atomic E-state index is -4.33. The lowest BCUT2D eigenvalue weighted by Gasteiger charge is -2.13. The lowest BCUT2D eigenvalue weighted by molar-refractivity contribution is -0.385. The number of rotatable bonds is 7. The zero-order valence-corrected chi connectivity index (χ0v) is 21.2. The predicted molar refractivity (Wildman–Crippen MR) is 141 cm³/mol. The molecule has 11 nitrogen and oxygen atoms in total. The van der Waals surface area contributed by atoms with Crippen LogP contribution in [0.1, 0.15) is 11.1 Å². The summed E-state index contributed by atoms with van der Waals surface area (Å²) in [6.45, 7) is 1.49. The van der Waals surface area contributed by atoms with E-state index in [-0.39, 0.29) is 36.9 Å². The van der Waals surface area contributed by atoms with Crippen molar-refractivity contribution in [3.63, 3.8) is 0 Å². The molecule has 188 valence electrons. The van der Waals surface area contributed by atoms with Crippen LogP contribution in [-0.4, -0.2) is 28.5 Å². The predicted octanol–water partition coefficient (Wildman–Crippen LogP) is 4.98. The van der Waals surface area contributed by atoms with Gasteiger partial charge >= 0.3 is 10.1 Å². The van der Waals surface area contributed by atoms with E-state index >= 15 is 0 Å². The molecule has 0 bridgehead atoms. The lowest BCUT2D eigenvalue weighted by Crippen LogP contribution is -2.27. The quantitative estimate of drug-likeness (QED) is 0.128. The Labute approximate surface area is 219 Å². The first-order valence-electron chi connectivity index (χ1n) is 10.3. The number of benzene rings is 3. The summed E-state index contributed by atoms with van der Waals surface area (Å²) in [7, 11) is -4.33. The molecule has 0 spiro atoms. The standard InChI is InChI=1S/C23H15N3O8S3/c1-14-5-10-19(13-20(14)26(30)31)37(32,33)34-18-8-6-15(7-9-18)11-21-22(27)24(23(35)36-21)16-3-2-4-17(12-16)25(28)29/h2-13H,1H3/b21-11+. The van der Waals surface area contributed by atoms with Crippen molar-refractivity contribution < 1.29 is 27.2 Å². The number of hydrogen-bond acceptors (Lipinski definition) is 10. The summed E-state index contributed by atoms with van der Waals surface area (Å²) >= 11 is 6.31. The van der Waals surface area contributed by atoms with Gasteiger partial charge in [0.15, 0.2) is 4.32 Å². The van der Waals surface area contributed by atoms with Crippen molar-refractivity contribution >= 4 is 67.5 Å². The maximum absolute atomic E-state index is 12.9. The first-order valence-corrected chi connectivity index (χ1v) is 12.9. The fourth-order valence-electron chi connectivity index (χ4n) is 3.32. The topological polar surface area (TPSA) is 150 Å². The van der Waals surface area contributed by atoms with Gasteiger partial charge in [-0.3, -0.25) is 29.9 Å². The number of thioether (sulfide) groups is 1. The van der Waals surface area contributed by atoms with Gasteiger partial charge in [0.2, 0.25) is 0 Å². The number of carbonyl (C=O) groups is 1. The molecule has 14 heteroatoms. The Kier molecular flexibility index (Phi) is 7.07. The second-order valence-corrected chi connectivity index (χ2v) is 10.8. The molecule has 1 aliphatic heterocycles. The van der Waals surface area contributed by atoms with Crippen LogP contribution in [0.25, 0.3) is 6.08 Å². The molecule has 3 aromatic carbocycles. The molecule has 1 amide bonds. The number of nitro groups is 2. The maximum Gasteiger partial charge on any atom is 0.339 e. The molecule has 37 heavy (non-hydrogen) atoms. The summed E-state index contributed by atoms with van der Waals surface area (Å²) in [5.74, 6) is -0.496. The van der Waals surface area contributed by atoms with E-state index in [9.17, 15) is 33.4 Å². The molecular formula is C23H15N3O8S3. The number of amides is 1. The minimum absolute atomic E-state index is 0.0375. The molecule has 1 heterocycles. The highest BCUT2D eigenvalue weighted by molar-refractivity contribution is 8.27. The smallest absolute Gasteiger partial charge is 0.339 e. The number of anilines is 1. The molecule has 1 aliphatic rings. The average Bonchev–Trinajstić information content (AvgIpc) is 3.12. The van der Waals surface area contributed by atoms with Crippen LogP contribution < -0.4 is 9.08 Å². The average molecular weight is 558 g/mol.